The van der Waals surface area contributed by atoms with Gasteiger partial charge in [-0.05, 0) is 41.3 Å². The minimum atomic E-state index is -0.526. The molecule has 2 aromatic carbocycles. The Balaban J connectivity index is 1.31. The van der Waals surface area contributed by atoms with Gasteiger partial charge in [-0.25, -0.2) is 4.79 Å². The van der Waals surface area contributed by atoms with E-state index in [2.05, 4.69) is 0 Å². The number of hydrogen-bond donors (Lipinski definition) is 0. The van der Waals surface area contributed by atoms with Gasteiger partial charge in [-0.3, -0.25) is 14.5 Å². The lowest BCUT2D eigenvalue weighted by Crippen LogP contribution is -2.31. The van der Waals surface area contributed by atoms with Crippen molar-refractivity contribution in [1.82, 2.24) is 4.90 Å². The quantitative estimate of drug-likeness (QED) is 0.123. The molecule has 0 bridgehead atoms. The molecule has 1 aliphatic rings. The maximum atomic E-state index is 12.8. The minimum Gasteiger partial charge on any atom is -0.497 e. The van der Waals surface area contributed by atoms with E-state index in [-0.39, 0.29) is 24.6 Å². The first-order valence-corrected chi connectivity index (χ1v) is 13.5. The van der Waals surface area contributed by atoms with E-state index in [0.717, 1.165) is 21.8 Å². The highest BCUT2D eigenvalue weighted by Crippen LogP contribution is 2.36. The van der Waals surface area contributed by atoms with Gasteiger partial charge in [0.2, 0.25) is 0 Å². The number of nitrogens with zero attached hydrogens (tertiary/aromatic N) is 1. The molecule has 1 aliphatic heterocycles. The third-order valence-electron chi connectivity index (χ3n) is 5.27. The van der Waals surface area contributed by atoms with Crippen LogP contribution in [0.15, 0.2) is 68.0 Å². The first-order valence-electron chi connectivity index (χ1n) is 10.6. The number of rotatable bonds is 7. The number of esters is 1. The molecule has 0 radical (unpaired) electrons. The van der Waals surface area contributed by atoms with Crippen LogP contribution in [0.1, 0.15) is 11.3 Å². The van der Waals surface area contributed by atoms with Crippen LogP contribution in [0.25, 0.3) is 27.5 Å². The maximum Gasteiger partial charge on any atom is 0.396 e. The van der Waals surface area contributed by atoms with E-state index in [1.807, 2.05) is 29.6 Å². The predicted octanol–water partition coefficient (Wildman–Crippen LogP) is 5.79. The molecular weight excluding hydrogens is 539 g/mol. The molecule has 1 fully saturated rings. The van der Waals surface area contributed by atoms with E-state index in [4.69, 9.17) is 26.1 Å². The number of fused-ring (bicyclic) bond motifs is 1. The average Bonchev–Trinajstić information content (AvgIpc) is 3.57. The van der Waals surface area contributed by atoms with Gasteiger partial charge in [0.15, 0.2) is 5.58 Å². The van der Waals surface area contributed by atoms with Crippen LogP contribution >= 0.6 is 46.7 Å². The summed E-state index contributed by atoms with van der Waals surface area (Å²) < 4.78 is 17.1. The molecular formula is C25H17NO6S4. The van der Waals surface area contributed by atoms with Crippen molar-refractivity contribution < 1.29 is 23.5 Å². The zero-order valence-electron chi connectivity index (χ0n) is 18.7. The summed E-state index contributed by atoms with van der Waals surface area (Å²) in [5.41, 5.74) is 1.81. The Bertz CT molecular complexity index is 1550. The summed E-state index contributed by atoms with van der Waals surface area (Å²) in [6.45, 7) is 0.109. The highest BCUT2D eigenvalue weighted by atomic mass is 32.2. The fraction of sp³-hybridized carbons (Fsp3) is 0.120. The summed E-state index contributed by atoms with van der Waals surface area (Å²) in [6.07, 6.45) is 1.75. The fourth-order valence-corrected chi connectivity index (χ4v) is 6.33. The van der Waals surface area contributed by atoms with Crippen molar-refractivity contribution in [2.75, 3.05) is 13.7 Å². The van der Waals surface area contributed by atoms with E-state index in [0.29, 0.717) is 30.8 Å². The Morgan fingerprint density at radius 3 is 2.67 bits per heavy atom. The van der Waals surface area contributed by atoms with Crippen LogP contribution in [0.3, 0.4) is 0 Å². The third kappa shape index (κ3) is 5.14. The number of benzene rings is 2. The largest absolute Gasteiger partial charge is 0.497 e. The predicted molar refractivity (Wildman–Crippen MR) is 147 cm³/mol. The minimum absolute atomic E-state index is 0.0454. The molecule has 36 heavy (non-hydrogen) atoms. The monoisotopic (exact) mass is 555 g/mol. The number of ether oxygens (including phenoxy) is 2. The number of methoxy groups -OCH3 is 1. The van der Waals surface area contributed by atoms with E-state index in [1.165, 1.54) is 28.0 Å². The van der Waals surface area contributed by atoms with Crippen molar-refractivity contribution in [3.63, 3.8) is 0 Å². The molecule has 7 nitrogen and oxygen atoms in total. The van der Waals surface area contributed by atoms with Gasteiger partial charge < -0.3 is 13.9 Å². The van der Waals surface area contributed by atoms with Gasteiger partial charge in [0.05, 0.1) is 23.1 Å². The molecule has 2 aromatic heterocycles. The number of amides is 1. The number of thiophene rings is 1. The second kappa shape index (κ2) is 10.4. The Kier molecular flexibility index (Phi) is 7.06. The van der Waals surface area contributed by atoms with Crippen LogP contribution in [0, 0.1) is 0 Å². The third-order valence-corrected chi connectivity index (χ3v) is 8.24. The van der Waals surface area contributed by atoms with Gasteiger partial charge >= 0.3 is 10.9 Å². The molecule has 5 rings (SSSR count). The molecule has 1 amide bonds. The SMILES string of the molecule is COc1ccc(-c2cc(OC(=O)CCN3C(=O)C(=Cc4cccs4)SC3=S)cc3sc(=O)oc23)cc1. The number of thiocarbonyl (C=S) groups is 1. The van der Waals surface area contributed by atoms with Gasteiger partial charge in [0.1, 0.15) is 15.8 Å². The molecule has 11 heteroatoms. The molecule has 0 atom stereocenters. The van der Waals surface area contributed by atoms with Gasteiger partial charge in [0, 0.05) is 23.1 Å². The zero-order chi connectivity index (χ0) is 25.2. The van der Waals surface area contributed by atoms with E-state index in [1.54, 1.807) is 37.5 Å². The lowest BCUT2D eigenvalue weighted by Gasteiger charge is -2.14. The Morgan fingerprint density at radius 1 is 1.14 bits per heavy atom. The van der Waals surface area contributed by atoms with Crippen LogP contribution in [0.2, 0.25) is 0 Å². The van der Waals surface area contributed by atoms with Crippen LogP contribution in [-0.4, -0.2) is 34.8 Å². The van der Waals surface area contributed by atoms with E-state index >= 15 is 0 Å². The van der Waals surface area contributed by atoms with Crippen molar-refractivity contribution in [2.24, 2.45) is 0 Å². The number of hydrogen-bond acceptors (Lipinski definition) is 10. The van der Waals surface area contributed by atoms with Crippen molar-refractivity contribution in [3.8, 4) is 22.6 Å². The smallest absolute Gasteiger partial charge is 0.396 e. The molecule has 1 saturated heterocycles. The van der Waals surface area contributed by atoms with Crippen LogP contribution < -0.4 is 14.4 Å². The molecule has 182 valence electrons. The Hall–Kier alpha value is -3.25. The fourth-order valence-electron chi connectivity index (χ4n) is 3.58. The van der Waals surface area contributed by atoms with Crippen molar-refractivity contribution in [1.29, 1.82) is 0 Å². The molecule has 0 saturated carbocycles. The second-order valence-electron chi connectivity index (χ2n) is 7.55. The summed E-state index contributed by atoms with van der Waals surface area (Å²) in [5, 5.41) is 1.93. The second-order valence-corrected chi connectivity index (χ2v) is 11.2. The number of carbonyl (C=O) groups excluding carboxylic acids is 2. The van der Waals surface area contributed by atoms with Crippen LogP contribution in [0.4, 0.5) is 0 Å². The lowest BCUT2D eigenvalue weighted by atomic mass is 10.0. The molecule has 3 heterocycles. The first kappa shape index (κ1) is 24.4. The summed E-state index contributed by atoms with van der Waals surface area (Å²) in [7, 11) is 1.58. The summed E-state index contributed by atoms with van der Waals surface area (Å²) in [4.78, 5) is 39.8. The Labute approximate surface area is 222 Å². The van der Waals surface area contributed by atoms with Crippen LogP contribution in [-0.2, 0) is 9.59 Å². The number of thioether (sulfide) groups is 1. The number of carbonyl (C=O) groups is 2. The first-order chi connectivity index (χ1) is 17.4. The zero-order valence-corrected chi connectivity index (χ0v) is 22.0. The van der Waals surface area contributed by atoms with Crippen molar-refractivity contribution in [2.45, 2.75) is 6.42 Å². The molecule has 0 N–H and O–H groups in total. The highest BCUT2D eigenvalue weighted by molar-refractivity contribution is 8.26. The summed E-state index contributed by atoms with van der Waals surface area (Å²) in [6, 6.07) is 14.3. The normalized spacial score (nSPS) is 14.7. The van der Waals surface area contributed by atoms with Crippen molar-refractivity contribution >= 4 is 79.2 Å². The van der Waals surface area contributed by atoms with E-state index < -0.39 is 10.9 Å². The standard InChI is InChI=1S/C25H17NO6S4/c1-30-15-6-4-14(5-7-15)18-11-16(12-19-22(18)32-25(29)36-19)31-21(27)8-9-26-23(28)20(35-24(26)33)13-17-3-2-10-34-17/h2-7,10-13H,8-9H2,1H3. The molecule has 0 unspecified atom stereocenters. The summed E-state index contributed by atoms with van der Waals surface area (Å²) >= 11 is 9.02. The van der Waals surface area contributed by atoms with Gasteiger partial charge in [-0.1, -0.05) is 53.5 Å². The molecule has 4 aromatic rings. The van der Waals surface area contributed by atoms with Gasteiger partial charge in [-0.2, -0.15) is 0 Å². The summed E-state index contributed by atoms with van der Waals surface area (Å²) in [5.74, 6) is 0.211. The average molecular weight is 556 g/mol. The van der Waals surface area contributed by atoms with E-state index in [9.17, 15) is 14.4 Å². The topological polar surface area (TPSA) is 86.0 Å². The van der Waals surface area contributed by atoms with Crippen LogP contribution in [0.5, 0.6) is 11.5 Å². The van der Waals surface area contributed by atoms with Gasteiger partial charge in [0.25, 0.3) is 5.91 Å². The lowest BCUT2D eigenvalue weighted by molar-refractivity contribution is -0.134. The molecule has 0 spiro atoms. The highest BCUT2D eigenvalue weighted by Gasteiger charge is 2.32. The van der Waals surface area contributed by atoms with Gasteiger partial charge in [-0.15, -0.1) is 11.3 Å². The molecule has 0 aliphatic carbocycles. The Morgan fingerprint density at radius 2 is 1.94 bits per heavy atom. The maximum absolute atomic E-state index is 12.8. The van der Waals surface area contributed by atoms with Crippen molar-refractivity contribution in [3.05, 3.63) is 73.4 Å².